The van der Waals surface area contributed by atoms with Gasteiger partial charge in [-0.05, 0) is 43.2 Å². The lowest BCUT2D eigenvalue weighted by atomic mass is 9.99. The van der Waals surface area contributed by atoms with Gasteiger partial charge in [-0.1, -0.05) is 20.3 Å². The number of fused-ring (bicyclic) bond motifs is 1. The van der Waals surface area contributed by atoms with E-state index in [1.54, 1.807) is 0 Å². The lowest BCUT2D eigenvalue weighted by Crippen LogP contribution is -2.41. The third-order valence-electron chi connectivity index (χ3n) is 4.44. The molecule has 0 spiro atoms. The summed E-state index contributed by atoms with van der Waals surface area (Å²) in [5.74, 6) is -0.327. The molecule has 2 rings (SSSR count). The molecule has 5 nitrogen and oxygen atoms in total. The van der Waals surface area contributed by atoms with E-state index in [0.29, 0.717) is 4.88 Å². The Hall–Kier alpha value is -1.40. The molecule has 0 aromatic carbocycles. The summed E-state index contributed by atoms with van der Waals surface area (Å²) in [6.07, 6.45) is 4.79. The maximum Gasteiger partial charge on any atom is 0.261 e. The van der Waals surface area contributed by atoms with Crippen LogP contribution in [0.25, 0.3) is 0 Å². The Labute approximate surface area is 141 Å². The van der Waals surface area contributed by atoms with Crippen LogP contribution in [0.1, 0.15) is 53.2 Å². The SMILES string of the molecule is CCC(C)C(O)CNC(=O)CNC(=O)c1cc2c(s1)CCCC2. The van der Waals surface area contributed by atoms with Gasteiger partial charge in [0.05, 0.1) is 17.5 Å². The first-order valence-corrected chi connectivity index (χ1v) is 9.17. The van der Waals surface area contributed by atoms with E-state index in [9.17, 15) is 14.7 Å². The van der Waals surface area contributed by atoms with Crippen LogP contribution in [0.4, 0.5) is 0 Å². The summed E-state index contributed by atoms with van der Waals surface area (Å²) in [5, 5.41) is 15.1. The van der Waals surface area contributed by atoms with E-state index < -0.39 is 6.10 Å². The smallest absolute Gasteiger partial charge is 0.261 e. The molecule has 1 aromatic heterocycles. The van der Waals surface area contributed by atoms with E-state index in [1.807, 2.05) is 19.9 Å². The zero-order valence-corrected chi connectivity index (χ0v) is 14.7. The highest BCUT2D eigenvalue weighted by molar-refractivity contribution is 7.14. The van der Waals surface area contributed by atoms with Crippen molar-refractivity contribution in [2.75, 3.05) is 13.1 Å². The molecular weight excluding hydrogens is 312 g/mol. The maximum atomic E-state index is 12.1. The molecule has 2 unspecified atom stereocenters. The number of hydrogen-bond acceptors (Lipinski definition) is 4. The van der Waals surface area contributed by atoms with E-state index in [-0.39, 0.29) is 30.8 Å². The molecule has 0 saturated heterocycles. The van der Waals surface area contributed by atoms with E-state index in [0.717, 1.165) is 19.3 Å². The predicted molar refractivity (Wildman–Crippen MR) is 91.8 cm³/mol. The largest absolute Gasteiger partial charge is 0.391 e. The normalized spacial score (nSPS) is 16.3. The monoisotopic (exact) mass is 338 g/mol. The summed E-state index contributed by atoms with van der Waals surface area (Å²) in [4.78, 5) is 25.9. The number of nitrogens with one attached hydrogen (secondary N) is 2. The molecular formula is C17H26N2O3S. The average molecular weight is 338 g/mol. The van der Waals surface area contributed by atoms with Crippen LogP contribution in [0.5, 0.6) is 0 Å². The number of aliphatic hydroxyl groups is 1. The fourth-order valence-corrected chi connectivity index (χ4v) is 3.77. The van der Waals surface area contributed by atoms with Crippen LogP contribution in [0.2, 0.25) is 0 Å². The molecule has 1 aromatic rings. The molecule has 0 fully saturated rings. The van der Waals surface area contributed by atoms with E-state index in [1.165, 1.54) is 34.6 Å². The minimum Gasteiger partial charge on any atom is -0.391 e. The van der Waals surface area contributed by atoms with Crippen LogP contribution in [-0.4, -0.2) is 36.1 Å². The van der Waals surface area contributed by atoms with Gasteiger partial charge in [0.15, 0.2) is 0 Å². The summed E-state index contributed by atoms with van der Waals surface area (Å²) in [6, 6.07) is 1.96. The topological polar surface area (TPSA) is 78.4 Å². The highest BCUT2D eigenvalue weighted by Gasteiger charge is 2.18. The Morgan fingerprint density at radius 1 is 1.30 bits per heavy atom. The molecule has 0 radical (unpaired) electrons. The Morgan fingerprint density at radius 3 is 2.74 bits per heavy atom. The van der Waals surface area contributed by atoms with Crippen LogP contribution >= 0.6 is 11.3 Å². The van der Waals surface area contributed by atoms with Gasteiger partial charge in [-0.15, -0.1) is 11.3 Å². The average Bonchev–Trinajstić information content (AvgIpc) is 3.00. The quantitative estimate of drug-likeness (QED) is 0.710. The molecule has 6 heteroatoms. The Kier molecular flexibility index (Phi) is 6.59. The lowest BCUT2D eigenvalue weighted by molar-refractivity contribution is -0.120. The van der Waals surface area contributed by atoms with Crippen molar-refractivity contribution < 1.29 is 14.7 Å². The van der Waals surface area contributed by atoms with Crippen molar-refractivity contribution in [2.45, 2.75) is 52.1 Å². The molecule has 23 heavy (non-hydrogen) atoms. The number of aryl methyl sites for hydroxylation is 2. The highest BCUT2D eigenvalue weighted by Crippen LogP contribution is 2.29. The maximum absolute atomic E-state index is 12.1. The summed E-state index contributed by atoms with van der Waals surface area (Å²) in [5.41, 5.74) is 1.28. The number of rotatable bonds is 7. The van der Waals surface area contributed by atoms with Crippen molar-refractivity contribution in [3.63, 3.8) is 0 Å². The fourth-order valence-electron chi connectivity index (χ4n) is 2.60. The molecule has 1 aliphatic carbocycles. The van der Waals surface area contributed by atoms with Crippen molar-refractivity contribution in [1.29, 1.82) is 0 Å². The van der Waals surface area contributed by atoms with Crippen LogP contribution in [0.15, 0.2) is 6.07 Å². The van der Waals surface area contributed by atoms with Crippen molar-refractivity contribution in [3.8, 4) is 0 Å². The van der Waals surface area contributed by atoms with Gasteiger partial charge in [-0.2, -0.15) is 0 Å². The van der Waals surface area contributed by atoms with Crippen LogP contribution in [-0.2, 0) is 17.6 Å². The second kappa shape index (κ2) is 8.45. The third-order valence-corrected chi connectivity index (χ3v) is 5.67. The van der Waals surface area contributed by atoms with E-state index in [2.05, 4.69) is 10.6 Å². The van der Waals surface area contributed by atoms with Crippen molar-refractivity contribution in [1.82, 2.24) is 10.6 Å². The second-order valence-electron chi connectivity index (χ2n) is 6.21. The minimum atomic E-state index is -0.552. The number of amides is 2. The lowest BCUT2D eigenvalue weighted by Gasteiger charge is -2.17. The van der Waals surface area contributed by atoms with Crippen LogP contribution in [0.3, 0.4) is 0 Å². The summed E-state index contributed by atoms with van der Waals surface area (Å²) in [7, 11) is 0. The third kappa shape index (κ3) is 5.04. The minimum absolute atomic E-state index is 0.0609. The Balaban J connectivity index is 1.75. The summed E-state index contributed by atoms with van der Waals surface area (Å²) in [6.45, 7) is 4.10. The van der Waals surface area contributed by atoms with Crippen LogP contribution in [0, 0.1) is 5.92 Å². The number of carbonyl (C=O) groups is 2. The van der Waals surface area contributed by atoms with Gasteiger partial charge < -0.3 is 15.7 Å². The second-order valence-corrected chi connectivity index (χ2v) is 7.34. The predicted octanol–water partition coefficient (Wildman–Crippen LogP) is 1.88. The molecule has 3 N–H and O–H groups in total. The van der Waals surface area contributed by atoms with Gasteiger partial charge in [0.1, 0.15) is 0 Å². The first-order valence-electron chi connectivity index (χ1n) is 8.35. The number of hydrogen-bond donors (Lipinski definition) is 3. The molecule has 2 atom stereocenters. The van der Waals surface area contributed by atoms with Gasteiger partial charge >= 0.3 is 0 Å². The molecule has 0 saturated carbocycles. The van der Waals surface area contributed by atoms with Crippen molar-refractivity contribution >= 4 is 23.2 Å². The molecule has 0 aliphatic heterocycles. The zero-order valence-electron chi connectivity index (χ0n) is 13.9. The molecule has 128 valence electrons. The highest BCUT2D eigenvalue weighted by atomic mass is 32.1. The van der Waals surface area contributed by atoms with Crippen molar-refractivity contribution in [3.05, 3.63) is 21.4 Å². The first-order chi connectivity index (χ1) is 11.0. The zero-order chi connectivity index (χ0) is 16.8. The van der Waals surface area contributed by atoms with E-state index >= 15 is 0 Å². The molecule has 0 bridgehead atoms. The van der Waals surface area contributed by atoms with E-state index in [4.69, 9.17) is 0 Å². The summed E-state index contributed by atoms with van der Waals surface area (Å²) >= 11 is 1.54. The Morgan fingerprint density at radius 2 is 2.04 bits per heavy atom. The number of thiophene rings is 1. The van der Waals surface area contributed by atoms with Crippen LogP contribution < -0.4 is 10.6 Å². The fraction of sp³-hybridized carbons (Fsp3) is 0.647. The first kappa shape index (κ1) is 17.9. The number of aliphatic hydroxyl groups excluding tert-OH is 1. The van der Waals surface area contributed by atoms with Crippen molar-refractivity contribution in [2.24, 2.45) is 5.92 Å². The van der Waals surface area contributed by atoms with Gasteiger partial charge in [0.2, 0.25) is 5.91 Å². The molecule has 2 amide bonds. The standard InChI is InChI=1S/C17H26N2O3S/c1-3-11(2)13(20)9-18-16(21)10-19-17(22)15-8-12-6-4-5-7-14(12)23-15/h8,11,13,20H,3-7,9-10H2,1-2H3,(H,18,21)(H,19,22). The molecule has 1 heterocycles. The van der Waals surface area contributed by atoms with Gasteiger partial charge in [0.25, 0.3) is 5.91 Å². The molecule has 1 aliphatic rings. The van der Waals surface area contributed by atoms with Gasteiger partial charge in [-0.3, -0.25) is 9.59 Å². The summed E-state index contributed by atoms with van der Waals surface area (Å²) < 4.78 is 0. The number of carbonyl (C=O) groups excluding carboxylic acids is 2. The van der Waals surface area contributed by atoms with Gasteiger partial charge in [0, 0.05) is 11.4 Å². The Bertz CT molecular complexity index is 533. The van der Waals surface area contributed by atoms with Gasteiger partial charge in [-0.25, -0.2) is 0 Å².